The number of rotatable bonds is 2. The van der Waals surface area contributed by atoms with Gasteiger partial charge in [0.15, 0.2) is 0 Å². The summed E-state index contributed by atoms with van der Waals surface area (Å²) in [4.78, 5) is 25.4. The van der Waals surface area contributed by atoms with Gasteiger partial charge in [-0.2, -0.15) is 0 Å². The number of Topliss-reactive ketones (excluding diaryl/α,β-unsaturated/α-hetero) is 1. The van der Waals surface area contributed by atoms with E-state index < -0.39 is 11.7 Å². The Labute approximate surface area is 126 Å². The molecule has 1 saturated carbocycles. The van der Waals surface area contributed by atoms with Crippen LogP contribution in [0.3, 0.4) is 0 Å². The number of anilines is 2. The summed E-state index contributed by atoms with van der Waals surface area (Å²) in [6.45, 7) is 0. The minimum atomic E-state index is -0.538. The molecule has 1 N–H and O–H groups in total. The van der Waals surface area contributed by atoms with Crippen molar-refractivity contribution in [3.05, 3.63) is 22.2 Å². The van der Waals surface area contributed by atoms with E-state index in [1.807, 2.05) is 6.07 Å². The zero-order valence-corrected chi connectivity index (χ0v) is 13.0. The minimum absolute atomic E-state index is 0.451. The first-order valence-corrected chi connectivity index (χ1v) is 7.79. The summed E-state index contributed by atoms with van der Waals surface area (Å²) in [5.74, 6) is -0.989. The zero-order valence-electron chi connectivity index (χ0n) is 11.4. The molecule has 106 valence electrons. The van der Waals surface area contributed by atoms with Gasteiger partial charge in [-0.3, -0.25) is 9.59 Å². The van der Waals surface area contributed by atoms with Crippen molar-refractivity contribution in [1.82, 2.24) is 0 Å². The Hall–Kier alpha value is -1.36. The molecule has 0 spiro atoms. The number of carbonyl (C=O) groups excluding carboxylic acids is 2. The summed E-state index contributed by atoms with van der Waals surface area (Å²) < 4.78 is 0.870. The van der Waals surface area contributed by atoms with Crippen LogP contribution in [0.15, 0.2) is 16.6 Å². The predicted octanol–water partition coefficient (Wildman–Crippen LogP) is 3.35. The molecule has 4 nitrogen and oxygen atoms in total. The minimum Gasteiger partial charge on any atom is -0.371 e. The fraction of sp³-hybridized carbons (Fsp3) is 0.467. The molecule has 5 heteroatoms. The molecule has 20 heavy (non-hydrogen) atoms. The fourth-order valence-electron chi connectivity index (χ4n) is 3.09. The molecule has 0 unspecified atom stereocenters. The van der Waals surface area contributed by atoms with Gasteiger partial charge >= 0.3 is 0 Å². The Bertz CT molecular complexity index is 579. The Kier molecular flexibility index (Phi) is 3.54. The van der Waals surface area contributed by atoms with Crippen LogP contribution in [0.25, 0.3) is 0 Å². The number of halogens is 1. The highest BCUT2D eigenvalue weighted by Gasteiger charge is 2.30. The zero-order chi connectivity index (χ0) is 14.3. The van der Waals surface area contributed by atoms with E-state index in [9.17, 15) is 9.59 Å². The van der Waals surface area contributed by atoms with Crippen LogP contribution < -0.4 is 10.2 Å². The topological polar surface area (TPSA) is 49.4 Å². The van der Waals surface area contributed by atoms with Crippen LogP contribution in [0.5, 0.6) is 0 Å². The van der Waals surface area contributed by atoms with Crippen LogP contribution in [0.2, 0.25) is 0 Å². The molecular weight excluding hydrogens is 320 g/mol. The van der Waals surface area contributed by atoms with Gasteiger partial charge in [0, 0.05) is 17.6 Å². The van der Waals surface area contributed by atoms with Gasteiger partial charge in [0.1, 0.15) is 0 Å². The lowest BCUT2D eigenvalue weighted by molar-refractivity contribution is -0.112. The smallest absolute Gasteiger partial charge is 0.296 e. The summed E-state index contributed by atoms with van der Waals surface area (Å²) in [7, 11) is 2.08. The van der Waals surface area contributed by atoms with Gasteiger partial charge in [-0.15, -0.1) is 0 Å². The quantitative estimate of drug-likeness (QED) is 0.842. The van der Waals surface area contributed by atoms with E-state index in [2.05, 4.69) is 33.2 Å². The number of nitrogens with zero attached hydrogens (tertiary/aromatic N) is 1. The first-order valence-electron chi connectivity index (χ1n) is 7.00. The predicted molar refractivity (Wildman–Crippen MR) is 82.4 cm³/mol. The molecule has 1 aliphatic heterocycles. The van der Waals surface area contributed by atoms with Crippen LogP contribution in [-0.4, -0.2) is 24.8 Å². The summed E-state index contributed by atoms with van der Waals surface area (Å²) in [5.41, 5.74) is 2.12. The van der Waals surface area contributed by atoms with E-state index in [0.29, 0.717) is 17.3 Å². The fourth-order valence-corrected chi connectivity index (χ4v) is 3.71. The molecular formula is C15H17BrN2O2. The van der Waals surface area contributed by atoms with Gasteiger partial charge in [-0.1, -0.05) is 19.3 Å². The van der Waals surface area contributed by atoms with E-state index in [0.717, 1.165) is 10.2 Å². The molecule has 1 amide bonds. The van der Waals surface area contributed by atoms with Crippen LogP contribution in [0.4, 0.5) is 11.4 Å². The number of benzene rings is 1. The van der Waals surface area contributed by atoms with Gasteiger partial charge in [-0.25, -0.2) is 0 Å². The second-order valence-electron chi connectivity index (χ2n) is 5.54. The highest BCUT2D eigenvalue weighted by Crippen LogP contribution is 2.37. The van der Waals surface area contributed by atoms with Gasteiger partial charge < -0.3 is 10.2 Å². The lowest BCUT2D eigenvalue weighted by Crippen LogP contribution is -2.33. The van der Waals surface area contributed by atoms with Crippen LogP contribution in [0, 0.1) is 0 Å². The van der Waals surface area contributed by atoms with Crippen LogP contribution in [-0.2, 0) is 4.79 Å². The molecule has 2 aliphatic rings. The standard InChI is InChI=1S/C15H17BrN2O2/c1-18(9-5-3-2-4-6-9)13-8-12-10(7-11(13)16)14(19)15(20)17-12/h7-9H,2-6H2,1H3,(H,17,19,20). The average Bonchev–Trinajstić information content (AvgIpc) is 2.74. The Morgan fingerprint density at radius 3 is 2.60 bits per heavy atom. The monoisotopic (exact) mass is 336 g/mol. The largest absolute Gasteiger partial charge is 0.371 e. The molecule has 0 saturated heterocycles. The van der Waals surface area contributed by atoms with Crippen LogP contribution in [0.1, 0.15) is 42.5 Å². The Morgan fingerprint density at radius 1 is 1.20 bits per heavy atom. The molecule has 0 radical (unpaired) electrons. The summed E-state index contributed by atoms with van der Waals surface area (Å²) >= 11 is 3.53. The average molecular weight is 337 g/mol. The summed E-state index contributed by atoms with van der Waals surface area (Å²) in [6.07, 6.45) is 6.26. The lowest BCUT2D eigenvalue weighted by atomic mass is 9.94. The first-order chi connectivity index (χ1) is 9.58. The van der Waals surface area contributed by atoms with E-state index in [1.165, 1.54) is 32.1 Å². The SMILES string of the molecule is CN(c1cc2c(cc1Br)C(=O)C(=O)N2)C1CCCCC1. The number of carbonyl (C=O) groups is 2. The molecule has 3 rings (SSSR count). The molecule has 0 atom stereocenters. The van der Waals surface area contributed by atoms with Crippen molar-refractivity contribution in [2.75, 3.05) is 17.3 Å². The van der Waals surface area contributed by atoms with Crippen molar-refractivity contribution in [2.45, 2.75) is 38.1 Å². The van der Waals surface area contributed by atoms with Gasteiger partial charge in [0.2, 0.25) is 0 Å². The van der Waals surface area contributed by atoms with Crippen molar-refractivity contribution in [2.24, 2.45) is 0 Å². The number of fused-ring (bicyclic) bond motifs is 1. The number of nitrogens with one attached hydrogen (secondary N) is 1. The van der Waals surface area contributed by atoms with Crippen molar-refractivity contribution in [3.63, 3.8) is 0 Å². The van der Waals surface area contributed by atoms with E-state index >= 15 is 0 Å². The van der Waals surface area contributed by atoms with Crippen molar-refractivity contribution < 1.29 is 9.59 Å². The highest BCUT2D eigenvalue weighted by molar-refractivity contribution is 9.10. The van der Waals surface area contributed by atoms with Crippen LogP contribution >= 0.6 is 15.9 Å². The number of ketones is 1. The molecule has 0 bridgehead atoms. The highest BCUT2D eigenvalue weighted by atomic mass is 79.9. The number of amides is 1. The molecule has 0 aromatic heterocycles. The van der Waals surface area contributed by atoms with Gasteiger partial charge in [0.05, 0.1) is 16.9 Å². The van der Waals surface area contributed by atoms with E-state index in [1.54, 1.807) is 6.07 Å². The maximum absolute atomic E-state index is 11.7. The molecule has 1 aromatic rings. The molecule has 1 heterocycles. The van der Waals surface area contributed by atoms with Gasteiger partial charge in [-0.05, 0) is 40.9 Å². The third-order valence-corrected chi connectivity index (χ3v) is 4.92. The summed E-state index contributed by atoms with van der Waals surface area (Å²) in [5, 5.41) is 2.64. The number of hydrogen-bond donors (Lipinski definition) is 1. The second-order valence-corrected chi connectivity index (χ2v) is 6.39. The lowest BCUT2D eigenvalue weighted by Gasteiger charge is -2.33. The maximum Gasteiger partial charge on any atom is 0.296 e. The van der Waals surface area contributed by atoms with Crippen molar-refractivity contribution in [1.29, 1.82) is 0 Å². The molecule has 1 aliphatic carbocycles. The third kappa shape index (κ3) is 2.24. The maximum atomic E-state index is 11.7. The van der Waals surface area contributed by atoms with E-state index in [-0.39, 0.29) is 0 Å². The normalized spacial score (nSPS) is 18.9. The van der Waals surface area contributed by atoms with Crippen molar-refractivity contribution >= 4 is 39.0 Å². The Morgan fingerprint density at radius 2 is 1.90 bits per heavy atom. The molecule has 1 fully saturated rings. The first kappa shape index (κ1) is 13.6. The third-order valence-electron chi connectivity index (χ3n) is 4.29. The number of hydrogen-bond acceptors (Lipinski definition) is 3. The van der Waals surface area contributed by atoms with Gasteiger partial charge in [0.25, 0.3) is 11.7 Å². The van der Waals surface area contributed by atoms with E-state index in [4.69, 9.17) is 0 Å². The summed E-state index contributed by atoms with van der Waals surface area (Å²) in [6, 6.07) is 4.19. The Balaban J connectivity index is 1.93. The second kappa shape index (κ2) is 5.20. The van der Waals surface area contributed by atoms with Crippen molar-refractivity contribution in [3.8, 4) is 0 Å². The molecule has 1 aromatic carbocycles.